The van der Waals surface area contributed by atoms with Gasteiger partial charge in [0.15, 0.2) is 5.11 Å². The Bertz CT molecular complexity index is 433. The zero-order valence-corrected chi connectivity index (χ0v) is 11.6. The summed E-state index contributed by atoms with van der Waals surface area (Å²) in [5, 5.41) is 3.74. The van der Waals surface area contributed by atoms with Crippen molar-refractivity contribution in [3.05, 3.63) is 23.5 Å². The van der Waals surface area contributed by atoms with Gasteiger partial charge in [-0.3, -0.25) is 4.79 Å². The van der Waals surface area contributed by atoms with Crippen molar-refractivity contribution < 1.29 is 4.79 Å². The van der Waals surface area contributed by atoms with Gasteiger partial charge in [-0.15, -0.1) is 11.6 Å². The largest absolute Gasteiger partial charge is 0.369 e. The molecule has 0 saturated heterocycles. The maximum absolute atomic E-state index is 11.5. The van der Waals surface area contributed by atoms with Gasteiger partial charge in [-0.05, 0) is 43.1 Å². The zero-order valence-electron chi connectivity index (χ0n) is 9.99. The van der Waals surface area contributed by atoms with Gasteiger partial charge in [0.2, 0.25) is 5.91 Å². The van der Waals surface area contributed by atoms with Gasteiger partial charge in [0.25, 0.3) is 0 Å². The first-order valence-electron chi connectivity index (χ1n) is 5.97. The van der Waals surface area contributed by atoms with E-state index in [-0.39, 0.29) is 11.8 Å². The van der Waals surface area contributed by atoms with Crippen molar-refractivity contribution in [2.45, 2.75) is 19.3 Å². The summed E-state index contributed by atoms with van der Waals surface area (Å²) in [6.07, 6.45) is 6.63. The van der Waals surface area contributed by atoms with Crippen LogP contribution in [0, 0.1) is 5.92 Å². The maximum atomic E-state index is 11.5. The first kappa shape index (κ1) is 13.4. The molecule has 0 spiro atoms. The summed E-state index contributed by atoms with van der Waals surface area (Å²) in [6, 6.07) is 0. The number of allylic oxidation sites excluding steroid dienone is 2. The number of rotatable bonds is 3. The minimum atomic E-state index is -0.295. The molecule has 1 aliphatic carbocycles. The molecule has 1 amide bonds. The van der Waals surface area contributed by atoms with E-state index >= 15 is 0 Å². The minimum Gasteiger partial charge on any atom is -0.369 e. The van der Waals surface area contributed by atoms with Crippen molar-refractivity contribution in [3.63, 3.8) is 0 Å². The van der Waals surface area contributed by atoms with Crippen molar-refractivity contribution in [2.75, 3.05) is 12.4 Å². The number of alkyl halides is 1. The molecule has 1 heterocycles. The summed E-state index contributed by atoms with van der Waals surface area (Å²) < 4.78 is 0. The van der Waals surface area contributed by atoms with E-state index in [1.54, 1.807) is 0 Å². The number of primary amides is 1. The third kappa shape index (κ3) is 2.67. The Balaban J connectivity index is 2.26. The molecule has 2 rings (SSSR count). The highest BCUT2D eigenvalue weighted by Crippen LogP contribution is 2.30. The molecule has 0 radical (unpaired) electrons. The molecule has 0 fully saturated rings. The molecule has 0 aromatic carbocycles. The number of carbonyl (C=O) groups excluding carboxylic acids is 1. The number of halogens is 1. The van der Waals surface area contributed by atoms with Gasteiger partial charge in [0.1, 0.15) is 0 Å². The molecule has 1 atom stereocenters. The number of thiocarbonyl (C=S) groups is 1. The topological polar surface area (TPSA) is 58.4 Å². The van der Waals surface area contributed by atoms with Gasteiger partial charge in [0, 0.05) is 24.3 Å². The second-order valence-corrected chi connectivity index (χ2v) is 5.18. The third-order valence-corrected chi connectivity index (χ3v) is 3.77. The number of nitrogens with one attached hydrogen (secondary N) is 1. The first-order chi connectivity index (χ1) is 8.63. The molecule has 98 valence electrons. The summed E-state index contributed by atoms with van der Waals surface area (Å²) in [5.41, 5.74) is 7.43. The van der Waals surface area contributed by atoms with Crippen LogP contribution in [0.15, 0.2) is 23.5 Å². The van der Waals surface area contributed by atoms with Gasteiger partial charge < -0.3 is 16.0 Å². The van der Waals surface area contributed by atoms with E-state index in [4.69, 9.17) is 29.6 Å². The summed E-state index contributed by atoms with van der Waals surface area (Å²) in [7, 11) is 0. The third-order valence-electron chi connectivity index (χ3n) is 3.26. The lowest BCUT2D eigenvalue weighted by atomic mass is 9.86. The Kier molecular flexibility index (Phi) is 4.24. The van der Waals surface area contributed by atoms with Crippen LogP contribution < -0.4 is 11.1 Å². The standard InChI is InChI=1S/C12H16ClN3OS/c13-5-7-16-6-4-8-2-1-3-9(11(14)17)10(8)15-12(16)18/h4,6,9H,1-3,5,7H2,(H2,14,17)(H,15,18)/t9-/m1/s1. The van der Waals surface area contributed by atoms with E-state index in [1.807, 2.05) is 17.2 Å². The van der Waals surface area contributed by atoms with Gasteiger partial charge in [-0.1, -0.05) is 0 Å². The molecule has 0 aromatic rings. The molecule has 4 nitrogen and oxygen atoms in total. The summed E-state index contributed by atoms with van der Waals surface area (Å²) in [6.45, 7) is 0.645. The van der Waals surface area contributed by atoms with Gasteiger partial charge in [-0.25, -0.2) is 0 Å². The van der Waals surface area contributed by atoms with Crippen LogP contribution in [0.25, 0.3) is 0 Å². The Morgan fingerprint density at radius 2 is 2.44 bits per heavy atom. The van der Waals surface area contributed by atoms with Crippen molar-refractivity contribution in [1.29, 1.82) is 0 Å². The van der Waals surface area contributed by atoms with Crippen LogP contribution in [-0.2, 0) is 4.79 Å². The molecular formula is C12H16ClN3OS. The van der Waals surface area contributed by atoms with Crippen LogP contribution in [-0.4, -0.2) is 28.3 Å². The second-order valence-electron chi connectivity index (χ2n) is 4.41. The van der Waals surface area contributed by atoms with Crippen LogP contribution in [0.2, 0.25) is 0 Å². The molecular weight excluding hydrogens is 270 g/mol. The lowest BCUT2D eigenvalue weighted by Gasteiger charge is -2.26. The predicted octanol–water partition coefficient (Wildman–Crippen LogP) is 1.47. The molecule has 2 aliphatic rings. The minimum absolute atomic E-state index is 0.257. The number of hydrogen-bond acceptors (Lipinski definition) is 2. The smallest absolute Gasteiger partial charge is 0.226 e. The average molecular weight is 286 g/mol. The highest BCUT2D eigenvalue weighted by atomic mass is 35.5. The lowest BCUT2D eigenvalue weighted by molar-refractivity contribution is -0.121. The number of nitrogens with zero attached hydrogens (tertiary/aromatic N) is 1. The SMILES string of the molecule is NC(=O)[C@@H]1CCCC2=C1NC(=S)N(CCCl)C=C2. The normalized spacial score (nSPS) is 23.5. The molecule has 0 bridgehead atoms. The van der Waals surface area contributed by atoms with Gasteiger partial charge in [-0.2, -0.15) is 0 Å². The fourth-order valence-corrected chi connectivity index (χ4v) is 2.77. The molecule has 3 N–H and O–H groups in total. The summed E-state index contributed by atoms with van der Waals surface area (Å²) >= 11 is 11.0. The maximum Gasteiger partial charge on any atom is 0.226 e. The number of carbonyl (C=O) groups is 1. The van der Waals surface area contributed by atoms with Crippen molar-refractivity contribution >= 4 is 34.8 Å². The molecule has 0 saturated carbocycles. The quantitative estimate of drug-likeness (QED) is 0.609. The van der Waals surface area contributed by atoms with E-state index in [0.29, 0.717) is 17.5 Å². The molecule has 0 unspecified atom stereocenters. The second kappa shape index (κ2) is 5.71. The monoisotopic (exact) mass is 285 g/mol. The number of hydrogen-bond donors (Lipinski definition) is 2. The fourth-order valence-electron chi connectivity index (χ4n) is 2.33. The summed E-state index contributed by atoms with van der Waals surface area (Å²) in [4.78, 5) is 13.4. The molecule has 18 heavy (non-hydrogen) atoms. The lowest BCUT2D eigenvalue weighted by Crippen LogP contribution is -2.40. The van der Waals surface area contributed by atoms with Crippen molar-refractivity contribution in [3.8, 4) is 0 Å². The van der Waals surface area contributed by atoms with Crippen LogP contribution in [0.4, 0.5) is 0 Å². The van der Waals surface area contributed by atoms with Crippen LogP contribution >= 0.6 is 23.8 Å². The average Bonchev–Trinajstić information content (AvgIpc) is 2.49. The summed E-state index contributed by atoms with van der Waals surface area (Å²) in [5.74, 6) is -0.0558. The van der Waals surface area contributed by atoms with E-state index < -0.39 is 0 Å². The van der Waals surface area contributed by atoms with E-state index in [1.165, 1.54) is 0 Å². The van der Waals surface area contributed by atoms with E-state index in [0.717, 1.165) is 30.5 Å². The van der Waals surface area contributed by atoms with E-state index in [2.05, 4.69) is 5.32 Å². The highest BCUT2D eigenvalue weighted by Gasteiger charge is 2.29. The Labute approximate surface area is 117 Å². The van der Waals surface area contributed by atoms with Crippen molar-refractivity contribution in [1.82, 2.24) is 10.2 Å². The van der Waals surface area contributed by atoms with Crippen LogP contribution in [0.1, 0.15) is 19.3 Å². The number of amides is 1. The highest BCUT2D eigenvalue weighted by molar-refractivity contribution is 7.80. The Morgan fingerprint density at radius 1 is 1.67 bits per heavy atom. The predicted molar refractivity (Wildman–Crippen MR) is 75.9 cm³/mol. The van der Waals surface area contributed by atoms with Crippen molar-refractivity contribution in [2.24, 2.45) is 11.7 Å². The molecule has 0 aromatic heterocycles. The van der Waals surface area contributed by atoms with E-state index in [9.17, 15) is 4.79 Å². The molecule has 6 heteroatoms. The Hall–Kier alpha value is -1.07. The fraction of sp³-hybridized carbons (Fsp3) is 0.500. The Morgan fingerprint density at radius 3 is 3.11 bits per heavy atom. The van der Waals surface area contributed by atoms with Gasteiger partial charge in [0.05, 0.1) is 5.92 Å². The zero-order chi connectivity index (χ0) is 13.1. The van der Waals surface area contributed by atoms with Crippen LogP contribution in [0.5, 0.6) is 0 Å². The van der Waals surface area contributed by atoms with Gasteiger partial charge >= 0.3 is 0 Å². The number of nitrogens with two attached hydrogens (primary N) is 1. The first-order valence-corrected chi connectivity index (χ1v) is 6.92. The van der Waals surface area contributed by atoms with Crippen LogP contribution in [0.3, 0.4) is 0 Å². The molecule has 1 aliphatic heterocycles.